The van der Waals surface area contributed by atoms with Crippen LogP contribution in [0.2, 0.25) is 0 Å². The average molecular weight is 230 g/mol. The van der Waals surface area contributed by atoms with E-state index >= 15 is 0 Å². The van der Waals surface area contributed by atoms with Crippen LogP contribution in [0.3, 0.4) is 0 Å². The highest BCUT2D eigenvalue weighted by atomic mass is 16.1. The van der Waals surface area contributed by atoms with Crippen LogP contribution in [0.25, 0.3) is 0 Å². The van der Waals surface area contributed by atoms with Crippen LogP contribution in [0.4, 0.5) is 0 Å². The molecular formula is C14H18N2O. The fraction of sp³-hybridized carbons (Fsp3) is 0.357. The summed E-state index contributed by atoms with van der Waals surface area (Å²) in [4.78, 5) is 10.6. The van der Waals surface area contributed by atoms with E-state index in [0.29, 0.717) is 13.0 Å². The SMILES string of the molecule is CNCc1ccc(C#CCCNC(C)=O)cc1. The molecule has 0 atom stereocenters. The molecule has 90 valence electrons. The molecule has 1 rings (SSSR count). The predicted molar refractivity (Wildman–Crippen MR) is 69.4 cm³/mol. The van der Waals surface area contributed by atoms with Crippen molar-refractivity contribution in [3.63, 3.8) is 0 Å². The number of hydrogen-bond donors (Lipinski definition) is 2. The van der Waals surface area contributed by atoms with Gasteiger partial charge in [-0.2, -0.15) is 0 Å². The molecule has 2 N–H and O–H groups in total. The molecule has 3 heteroatoms. The van der Waals surface area contributed by atoms with Gasteiger partial charge in [-0.15, -0.1) is 0 Å². The number of nitrogens with one attached hydrogen (secondary N) is 2. The van der Waals surface area contributed by atoms with E-state index in [1.807, 2.05) is 19.2 Å². The number of rotatable bonds is 4. The van der Waals surface area contributed by atoms with Crippen molar-refractivity contribution in [2.75, 3.05) is 13.6 Å². The lowest BCUT2D eigenvalue weighted by Gasteiger charge is -1.99. The maximum absolute atomic E-state index is 10.6. The van der Waals surface area contributed by atoms with Gasteiger partial charge >= 0.3 is 0 Å². The third-order valence-electron chi connectivity index (χ3n) is 2.19. The molecule has 0 aromatic heterocycles. The molecule has 0 aliphatic rings. The van der Waals surface area contributed by atoms with Gasteiger partial charge in [0.15, 0.2) is 0 Å². The molecule has 0 radical (unpaired) electrons. The van der Waals surface area contributed by atoms with Crippen LogP contribution in [0.5, 0.6) is 0 Å². The molecule has 17 heavy (non-hydrogen) atoms. The van der Waals surface area contributed by atoms with Gasteiger partial charge in [-0.05, 0) is 24.7 Å². The fourth-order valence-electron chi connectivity index (χ4n) is 1.38. The number of carbonyl (C=O) groups is 1. The Morgan fingerprint density at radius 2 is 2.00 bits per heavy atom. The van der Waals surface area contributed by atoms with Crippen molar-refractivity contribution in [1.29, 1.82) is 0 Å². The topological polar surface area (TPSA) is 41.1 Å². The minimum absolute atomic E-state index is 0.0109. The summed E-state index contributed by atoms with van der Waals surface area (Å²) >= 11 is 0. The maximum atomic E-state index is 10.6. The summed E-state index contributed by atoms with van der Waals surface area (Å²) < 4.78 is 0. The molecule has 0 aliphatic carbocycles. The molecule has 0 saturated carbocycles. The normalized spacial score (nSPS) is 9.29. The second kappa shape index (κ2) is 7.48. The quantitative estimate of drug-likeness (QED) is 0.604. The van der Waals surface area contributed by atoms with Gasteiger partial charge in [0, 0.05) is 32.0 Å². The Morgan fingerprint density at radius 1 is 1.29 bits per heavy atom. The van der Waals surface area contributed by atoms with Gasteiger partial charge in [0.2, 0.25) is 5.91 Å². The standard InChI is InChI=1S/C14H18N2O/c1-12(17)16-10-4-3-5-13-6-8-14(9-7-13)11-15-2/h6-9,15H,4,10-11H2,1-2H3,(H,16,17). The highest BCUT2D eigenvalue weighted by Gasteiger charge is 1.90. The minimum Gasteiger partial charge on any atom is -0.355 e. The second-order valence-corrected chi connectivity index (χ2v) is 3.76. The van der Waals surface area contributed by atoms with E-state index in [2.05, 4.69) is 34.6 Å². The van der Waals surface area contributed by atoms with Crippen molar-refractivity contribution in [3.8, 4) is 11.8 Å². The summed E-state index contributed by atoms with van der Waals surface area (Å²) in [6.07, 6.45) is 0.678. The molecule has 0 bridgehead atoms. The van der Waals surface area contributed by atoms with Gasteiger partial charge in [0.25, 0.3) is 0 Å². The lowest BCUT2D eigenvalue weighted by atomic mass is 10.1. The lowest BCUT2D eigenvalue weighted by molar-refractivity contribution is -0.118. The molecule has 0 saturated heterocycles. The van der Waals surface area contributed by atoms with E-state index in [1.165, 1.54) is 12.5 Å². The van der Waals surface area contributed by atoms with Crippen LogP contribution in [0.1, 0.15) is 24.5 Å². The Hall–Kier alpha value is -1.79. The maximum Gasteiger partial charge on any atom is 0.216 e. The number of carbonyl (C=O) groups excluding carboxylic acids is 1. The molecule has 0 fully saturated rings. The molecule has 0 aliphatic heterocycles. The van der Waals surface area contributed by atoms with Gasteiger partial charge in [-0.25, -0.2) is 0 Å². The Kier molecular flexibility index (Phi) is 5.84. The van der Waals surface area contributed by atoms with Crippen molar-refractivity contribution in [2.24, 2.45) is 0 Å². The summed E-state index contributed by atoms with van der Waals surface area (Å²) in [6.45, 7) is 2.99. The van der Waals surface area contributed by atoms with Crippen LogP contribution in [-0.4, -0.2) is 19.5 Å². The van der Waals surface area contributed by atoms with Crippen molar-refractivity contribution >= 4 is 5.91 Å². The van der Waals surface area contributed by atoms with Gasteiger partial charge in [-0.1, -0.05) is 24.0 Å². The number of hydrogen-bond acceptors (Lipinski definition) is 2. The highest BCUT2D eigenvalue weighted by molar-refractivity contribution is 5.72. The summed E-state index contributed by atoms with van der Waals surface area (Å²) in [5.74, 6) is 6.08. The molecule has 3 nitrogen and oxygen atoms in total. The Labute approximate surface area is 103 Å². The van der Waals surface area contributed by atoms with Crippen LogP contribution in [0.15, 0.2) is 24.3 Å². The monoisotopic (exact) mass is 230 g/mol. The molecule has 0 heterocycles. The highest BCUT2D eigenvalue weighted by Crippen LogP contribution is 2.02. The first kappa shape index (κ1) is 13.3. The first-order chi connectivity index (χ1) is 8.22. The Morgan fingerprint density at radius 3 is 2.59 bits per heavy atom. The zero-order valence-corrected chi connectivity index (χ0v) is 10.3. The minimum atomic E-state index is -0.0109. The van der Waals surface area contributed by atoms with Crippen LogP contribution >= 0.6 is 0 Å². The average Bonchev–Trinajstić information content (AvgIpc) is 2.31. The van der Waals surface area contributed by atoms with Crippen molar-refractivity contribution < 1.29 is 4.79 Å². The van der Waals surface area contributed by atoms with E-state index in [9.17, 15) is 4.79 Å². The Bertz CT molecular complexity index is 412. The van der Waals surface area contributed by atoms with Gasteiger partial charge in [0.05, 0.1) is 0 Å². The van der Waals surface area contributed by atoms with Crippen molar-refractivity contribution in [3.05, 3.63) is 35.4 Å². The van der Waals surface area contributed by atoms with Gasteiger partial charge in [-0.3, -0.25) is 4.79 Å². The zero-order valence-electron chi connectivity index (χ0n) is 10.3. The van der Waals surface area contributed by atoms with Gasteiger partial charge < -0.3 is 10.6 Å². The molecular weight excluding hydrogens is 212 g/mol. The summed E-state index contributed by atoms with van der Waals surface area (Å²) in [7, 11) is 1.93. The summed E-state index contributed by atoms with van der Waals surface area (Å²) in [5.41, 5.74) is 2.25. The largest absolute Gasteiger partial charge is 0.355 e. The smallest absolute Gasteiger partial charge is 0.216 e. The van der Waals surface area contributed by atoms with E-state index < -0.39 is 0 Å². The fourth-order valence-corrected chi connectivity index (χ4v) is 1.38. The van der Waals surface area contributed by atoms with Crippen LogP contribution in [-0.2, 0) is 11.3 Å². The van der Waals surface area contributed by atoms with Gasteiger partial charge in [0.1, 0.15) is 0 Å². The van der Waals surface area contributed by atoms with E-state index in [-0.39, 0.29) is 5.91 Å². The number of amides is 1. The molecule has 1 aromatic carbocycles. The molecule has 0 spiro atoms. The van der Waals surface area contributed by atoms with Crippen molar-refractivity contribution in [2.45, 2.75) is 19.9 Å². The third kappa shape index (κ3) is 5.74. The first-order valence-corrected chi connectivity index (χ1v) is 5.69. The zero-order chi connectivity index (χ0) is 12.5. The molecule has 1 aromatic rings. The molecule has 1 amide bonds. The third-order valence-corrected chi connectivity index (χ3v) is 2.19. The predicted octanol–water partition coefficient (Wildman–Crippen LogP) is 1.28. The Balaban J connectivity index is 2.40. The number of benzene rings is 1. The lowest BCUT2D eigenvalue weighted by Crippen LogP contribution is -2.20. The molecule has 0 unspecified atom stereocenters. The van der Waals surface area contributed by atoms with E-state index in [0.717, 1.165) is 12.1 Å². The van der Waals surface area contributed by atoms with E-state index in [4.69, 9.17) is 0 Å². The summed E-state index contributed by atoms with van der Waals surface area (Å²) in [5, 5.41) is 5.81. The first-order valence-electron chi connectivity index (χ1n) is 5.69. The van der Waals surface area contributed by atoms with E-state index in [1.54, 1.807) is 0 Å². The summed E-state index contributed by atoms with van der Waals surface area (Å²) in [6, 6.07) is 8.15. The van der Waals surface area contributed by atoms with Crippen LogP contribution in [0, 0.1) is 11.8 Å². The van der Waals surface area contributed by atoms with Crippen LogP contribution < -0.4 is 10.6 Å². The second-order valence-electron chi connectivity index (χ2n) is 3.76. The van der Waals surface area contributed by atoms with Crippen molar-refractivity contribution in [1.82, 2.24) is 10.6 Å².